The monoisotopic (exact) mass is 356 g/mol. The van der Waals surface area contributed by atoms with E-state index in [0.717, 1.165) is 18.4 Å². The number of carbonyl (C=O) groups excluding carboxylic acids is 1. The molecule has 1 unspecified atom stereocenters. The molecular weight excluding hydrogens is 335 g/mol. The summed E-state index contributed by atoms with van der Waals surface area (Å²) in [6, 6.07) is 12.9. The summed E-state index contributed by atoms with van der Waals surface area (Å²) in [6.45, 7) is 1.64. The van der Waals surface area contributed by atoms with E-state index in [4.69, 9.17) is 9.47 Å². The number of amides is 1. The Hall–Kier alpha value is -2.63. The highest BCUT2D eigenvalue weighted by Gasteiger charge is 2.43. The quantitative estimate of drug-likeness (QED) is 0.785. The third kappa shape index (κ3) is 3.64. The normalized spacial score (nSPS) is 24.3. The number of rotatable bonds is 4. The first kappa shape index (κ1) is 16.8. The number of pyridine rings is 1. The minimum atomic E-state index is -0.573. The second-order valence-electron chi connectivity index (χ2n) is 6.97. The van der Waals surface area contributed by atoms with Gasteiger partial charge in [-0.2, -0.15) is 4.39 Å². The highest BCUT2D eigenvalue weighted by molar-refractivity contribution is 5.68. The Labute approximate surface area is 151 Å². The van der Waals surface area contributed by atoms with Crippen molar-refractivity contribution in [2.45, 2.75) is 25.6 Å². The standard InChI is InChI=1S/C20H21FN2O3/c21-19-18(7-4-8-22-19)26-17-9-15-11-23(12-16(15)10-17)20(24)25-13-14-5-2-1-3-6-14/h1-8,15-17H,9-13H2/t15-,16+,17?. The molecule has 136 valence electrons. The summed E-state index contributed by atoms with van der Waals surface area (Å²) in [5.74, 6) is 0.389. The summed E-state index contributed by atoms with van der Waals surface area (Å²) < 4.78 is 24.8. The Morgan fingerprint density at radius 3 is 2.54 bits per heavy atom. The van der Waals surface area contributed by atoms with Gasteiger partial charge in [-0.1, -0.05) is 30.3 Å². The zero-order chi connectivity index (χ0) is 17.9. The van der Waals surface area contributed by atoms with Gasteiger partial charge in [-0.15, -0.1) is 0 Å². The van der Waals surface area contributed by atoms with Gasteiger partial charge in [-0.05, 0) is 42.4 Å². The van der Waals surface area contributed by atoms with E-state index in [-0.39, 0.29) is 24.6 Å². The smallest absolute Gasteiger partial charge is 0.410 e. The van der Waals surface area contributed by atoms with Crippen molar-refractivity contribution < 1.29 is 18.7 Å². The van der Waals surface area contributed by atoms with Crippen molar-refractivity contribution in [1.29, 1.82) is 0 Å². The summed E-state index contributed by atoms with van der Waals surface area (Å²) in [4.78, 5) is 17.7. The predicted octanol–water partition coefficient (Wildman–Crippen LogP) is 3.65. The lowest BCUT2D eigenvalue weighted by molar-refractivity contribution is 0.0983. The first-order valence-corrected chi connectivity index (χ1v) is 8.92. The van der Waals surface area contributed by atoms with Gasteiger partial charge in [-0.25, -0.2) is 9.78 Å². The topological polar surface area (TPSA) is 51.7 Å². The van der Waals surface area contributed by atoms with Crippen LogP contribution in [0, 0.1) is 17.8 Å². The van der Waals surface area contributed by atoms with Crippen molar-refractivity contribution in [3.8, 4) is 5.75 Å². The molecule has 4 rings (SSSR count). The fraction of sp³-hybridized carbons (Fsp3) is 0.400. The Morgan fingerprint density at radius 2 is 1.85 bits per heavy atom. The van der Waals surface area contributed by atoms with Gasteiger partial charge in [0.1, 0.15) is 6.61 Å². The van der Waals surface area contributed by atoms with Gasteiger partial charge in [-0.3, -0.25) is 0 Å². The van der Waals surface area contributed by atoms with E-state index >= 15 is 0 Å². The van der Waals surface area contributed by atoms with E-state index in [0.29, 0.717) is 24.9 Å². The molecule has 2 heterocycles. The van der Waals surface area contributed by atoms with Crippen LogP contribution in [0.3, 0.4) is 0 Å². The molecule has 1 aromatic heterocycles. The molecule has 1 amide bonds. The fourth-order valence-corrected chi connectivity index (χ4v) is 3.94. The number of ether oxygens (including phenoxy) is 2. The van der Waals surface area contributed by atoms with Crippen molar-refractivity contribution in [3.63, 3.8) is 0 Å². The van der Waals surface area contributed by atoms with Crippen LogP contribution >= 0.6 is 0 Å². The van der Waals surface area contributed by atoms with E-state index in [9.17, 15) is 9.18 Å². The van der Waals surface area contributed by atoms with Crippen LogP contribution in [0.15, 0.2) is 48.7 Å². The molecule has 0 radical (unpaired) electrons. The summed E-state index contributed by atoms with van der Waals surface area (Å²) >= 11 is 0. The highest BCUT2D eigenvalue weighted by Crippen LogP contribution is 2.40. The van der Waals surface area contributed by atoms with Gasteiger partial charge in [0.25, 0.3) is 5.95 Å². The lowest BCUT2D eigenvalue weighted by Gasteiger charge is -2.20. The molecule has 1 aliphatic heterocycles. The summed E-state index contributed by atoms with van der Waals surface area (Å²) in [5.41, 5.74) is 0.979. The van der Waals surface area contributed by atoms with Crippen molar-refractivity contribution in [2.75, 3.05) is 13.1 Å². The molecule has 0 spiro atoms. The van der Waals surface area contributed by atoms with E-state index in [1.54, 1.807) is 17.0 Å². The Bertz CT molecular complexity index is 757. The molecular formula is C20H21FN2O3. The zero-order valence-corrected chi connectivity index (χ0v) is 14.4. The van der Waals surface area contributed by atoms with Crippen LogP contribution in [0.5, 0.6) is 5.75 Å². The molecule has 0 bridgehead atoms. The Balaban J connectivity index is 1.27. The second-order valence-corrected chi connectivity index (χ2v) is 6.97. The number of benzene rings is 1. The molecule has 1 saturated carbocycles. The van der Waals surface area contributed by atoms with Crippen molar-refractivity contribution in [2.24, 2.45) is 11.8 Å². The van der Waals surface area contributed by atoms with Crippen LogP contribution in [0.1, 0.15) is 18.4 Å². The Morgan fingerprint density at radius 1 is 1.12 bits per heavy atom. The van der Waals surface area contributed by atoms with Crippen LogP contribution in [-0.4, -0.2) is 35.2 Å². The molecule has 1 aromatic carbocycles. The highest BCUT2D eigenvalue weighted by atomic mass is 19.1. The number of hydrogen-bond donors (Lipinski definition) is 0. The lowest BCUT2D eigenvalue weighted by Crippen LogP contribution is -2.31. The number of fused-ring (bicyclic) bond motifs is 1. The molecule has 3 atom stereocenters. The summed E-state index contributed by atoms with van der Waals surface area (Å²) in [5, 5.41) is 0. The number of aromatic nitrogens is 1. The van der Waals surface area contributed by atoms with E-state index in [1.807, 2.05) is 30.3 Å². The Kier molecular flexibility index (Phi) is 4.73. The molecule has 2 fully saturated rings. The van der Waals surface area contributed by atoms with E-state index < -0.39 is 5.95 Å². The molecule has 2 aromatic rings. The van der Waals surface area contributed by atoms with Gasteiger partial charge in [0.05, 0.1) is 6.10 Å². The third-order valence-corrected chi connectivity index (χ3v) is 5.19. The molecule has 2 aliphatic rings. The van der Waals surface area contributed by atoms with E-state index in [1.165, 1.54) is 6.20 Å². The van der Waals surface area contributed by atoms with Crippen LogP contribution in [-0.2, 0) is 11.3 Å². The third-order valence-electron chi connectivity index (χ3n) is 5.19. The van der Waals surface area contributed by atoms with Gasteiger partial charge in [0.2, 0.25) is 0 Å². The van der Waals surface area contributed by atoms with Gasteiger partial charge < -0.3 is 14.4 Å². The maximum absolute atomic E-state index is 13.6. The van der Waals surface area contributed by atoms with Gasteiger partial charge >= 0.3 is 6.09 Å². The largest absolute Gasteiger partial charge is 0.486 e. The summed E-state index contributed by atoms with van der Waals surface area (Å²) in [6.07, 6.45) is 2.76. The van der Waals surface area contributed by atoms with Crippen LogP contribution in [0.2, 0.25) is 0 Å². The molecule has 26 heavy (non-hydrogen) atoms. The first-order valence-electron chi connectivity index (χ1n) is 8.92. The molecule has 1 saturated heterocycles. The predicted molar refractivity (Wildman–Crippen MR) is 93.0 cm³/mol. The van der Waals surface area contributed by atoms with Crippen LogP contribution < -0.4 is 4.74 Å². The van der Waals surface area contributed by atoms with Crippen LogP contribution in [0.25, 0.3) is 0 Å². The van der Waals surface area contributed by atoms with Crippen LogP contribution in [0.4, 0.5) is 9.18 Å². The number of halogens is 1. The van der Waals surface area contributed by atoms with Gasteiger partial charge in [0.15, 0.2) is 5.75 Å². The maximum atomic E-state index is 13.6. The summed E-state index contributed by atoms with van der Waals surface area (Å²) in [7, 11) is 0. The number of hydrogen-bond acceptors (Lipinski definition) is 4. The van der Waals surface area contributed by atoms with Gasteiger partial charge in [0, 0.05) is 19.3 Å². The van der Waals surface area contributed by atoms with Crippen molar-refractivity contribution >= 4 is 6.09 Å². The SMILES string of the molecule is O=C(OCc1ccccc1)N1C[C@H]2CC(Oc3cccnc3F)C[C@H]2C1. The fourth-order valence-electron chi connectivity index (χ4n) is 3.94. The minimum Gasteiger partial charge on any atom is -0.486 e. The molecule has 6 heteroatoms. The van der Waals surface area contributed by atoms with Crippen molar-refractivity contribution in [3.05, 3.63) is 60.2 Å². The van der Waals surface area contributed by atoms with Crippen molar-refractivity contribution in [1.82, 2.24) is 9.88 Å². The zero-order valence-electron chi connectivity index (χ0n) is 14.4. The molecule has 0 N–H and O–H groups in total. The number of nitrogens with zero attached hydrogens (tertiary/aromatic N) is 2. The first-order chi connectivity index (χ1) is 12.7. The number of likely N-dealkylation sites (tertiary alicyclic amines) is 1. The average molecular weight is 356 g/mol. The molecule has 5 nitrogen and oxygen atoms in total. The number of carbonyl (C=O) groups is 1. The minimum absolute atomic E-state index is 0.0220. The maximum Gasteiger partial charge on any atom is 0.410 e. The second kappa shape index (κ2) is 7.32. The average Bonchev–Trinajstić information content (AvgIpc) is 3.21. The lowest BCUT2D eigenvalue weighted by atomic mass is 10.0. The molecule has 1 aliphatic carbocycles. The van der Waals surface area contributed by atoms with E-state index in [2.05, 4.69) is 4.98 Å².